The minimum Gasteiger partial charge on any atom is -0.459 e. The van der Waals surface area contributed by atoms with Crippen LogP contribution in [-0.2, 0) is 20.9 Å². The van der Waals surface area contributed by atoms with Crippen molar-refractivity contribution in [1.82, 2.24) is 4.98 Å². The Kier molecular flexibility index (Phi) is 5.10. The first-order valence-electron chi connectivity index (χ1n) is 10.6. The van der Waals surface area contributed by atoms with E-state index in [4.69, 9.17) is 16.3 Å². The summed E-state index contributed by atoms with van der Waals surface area (Å²) in [4.78, 5) is 31.4. The van der Waals surface area contributed by atoms with Crippen LogP contribution < -0.4 is 4.90 Å². The van der Waals surface area contributed by atoms with Crippen molar-refractivity contribution in [3.63, 3.8) is 0 Å². The van der Waals surface area contributed by atoms with Crippen LogP contribution in [-0.4, -0.2) is 16.9 Å². The first kappa shape index (κ1) is 20.0. The first-order chi connectivity index (χ1) is 14.4. The zero-order chi connectivity index (χ0) is 20.9. The number of ether oxygens (including phenoxy) is 1. The molecule has 1 aromatic heterocycles. The van der Waals surface area contributed by atoms with Crippen molar-refractivity contribution >= 4 is 45.6 Å². The van der Waals surface area contributed by atoms with Gasteiger partial charge in [-0.05, 0) is 74.5 Å². The fourth-order valence-corrected chi connectivity index (χ4v) is 7.22. The van der Waals surface area contributed by atoms with Gasteiger partial charge in [0.15, 0.2) is 5.13 Å². The molecule has 30 heavy (non-hydrogen) atoms. The van der Waals surface area contributed by atoms with Gasteiger partial charge in [-0.2, -0.15) is 0 Å². The van der Waals surface area contributed by atoms with E-state index >= 15 is 0 Å². The van der Waals surface area contributed by atoms with Crippen LogP contribution in [0.3, 0.4) is 0 Å². The second kappa shape index (κ2) is 7.65. The van der Waals surface area contributed by atoms with E-state index in [0.717, 1.165) is 19.3 Å². The molecule has 158 valence electrons. The molecule has 1 aromatic carbocycles. The number of rotatable bonds is 5. The number of carbonyl (C=O) groups is 2. The predicted octanol–water partition coefficient (Wildman–Crippen LogP) is 5.74. The van der Waals surface area contributed by atoms with Gasteiger partial charge in [-0.1, -0.05) is 17.7 Å². The molecule has 4 aliphatic rings. The number of thiazole rings is 1. The van der Waals surface area contributed by atoms with Crippen molar-refractivity contribution in [2.24, 2.45) is 23.2 Å². The van der Waals surface area contributed by atoms with Crippen LogP contribution in [0.5, 0.6) is 0 Å². The predicted molar refractivity (Wildman–Crippen MR) is 117 cm³/mol. The SMILES string of the molecule is CC(=O)N(c1cccc(Cl)c1)c1nc(COC(=O)C23CC4CC(CC(C4)C2)C3)cs1. The number of hydrogen-bond acceptors (Lipinski definition) is 5. The Morgan fingerprint density at radius 2 is 1.87 bits per heavy atom. The molecule has 0 atom stereocenters. The fourth-order valence-electron chi connectivity index (χ4n) is 6.16. The molecular weight excluding hydrogens is 420 g/mol. The number of carbonyl (C=O) groups excluding carboxylic acids is 2. The molecule has 1 amide bonds. The highest BCUT2D eigenvalue weighted by Crippen LogP contribution is 2.60. The number of nitrogens with zero attached hydrogens (tertiary/aromatic N) is 2. The molecule has 4 bridgehead atoms. The molecule has 4 saturated carbocycles. The van der Waals surface area contributed by atoms with Gasteiger partial charge in [0, 0.05) is 17.3 Å². The third kappa shape index (κ3) is 3.65. The maximum atomic E-state index is 13.1. The first-order valence-corrected chi connectivity index (χ1v) is 11.9. The Labute approximate surface area is 185 Å². The smallest absolute Gasteiger partial charge is 0.312 e. The normalized spacial score (nSPS) is 29.1. The monoisotopic (exact) mass is 444 g/mol. The quantitative estimate of drug-likeness (QED) is 0.551. The summed E-state index contributed by atoms with van der Waals surface area (Å²) in [6.45, 7) is 1.65. The van der Waals surface area contributed by atoms with Gasteiger partial charge in [-0.3, -0.25) is 14.5 Å². The van der Waals surface area contributed by atoms with E-state index in [1.54, 1.807) is 18.2 Å². The molecule has 4 aliphatic carbocycles. The van der Waals surface area contributed by atoms with Crippen LogP contribution in [0.25, 0.3) is 0 Å². The summed E-state index contributed by atoms with van der Waals surface area (Å²) in [5.74, 6) is 1.92. The minimum atomic E-state index is -0.264. The van der Waals surface area contributed by atoms with Gasteiger partial charge in [-0.15, -0.1) is 11.3 Å². The Balaban J connectivity index is 1.28. The van der Waals surface area contributed by atoms with Gasteiger partial charge in [-0.25, -0.2) is 4.98 Å². The lowest BCUT2D eigenvalue weighted by molar-refractivity contribution is -0.173. The summed E-state index contributed by atoms with van der Waals surface area (Å²) >= 11 is 7.44. The molecule has 7 heteroatoms. The summed E-state index contributed by atoms with van der Waals surface area (Å²) in [5, 5.41) is 2.95. The van der Waals surface area contributed by atoms with Gasteiger partial charge < -0.3 is 4.74 Å². The lowest BCUT2D eigenvalue weighted by atomic mass is 9.49. The molecule has 0 unspecified atom stereocenters. The van der Waals surface area contributed by atoms with Gasteiger partial charge in [0.2, 0.25) is 5.91 Å². The molecule has 0 N–H and O–H groups in total. The second-order valence-electron chi connectivity index (χ2n) is 9.23. The van der Waals surface area contributed by atoms with E-state index in [-0.39, 0.29) is 23.9 Å². The molecular formula is C23H25ClN2O3S. The second-order valence-corrected chi connectivity index (χ2v) is 10.5. The highest BCUT2D eigenvalue weighted by atomic mass is 35.5. The third-order valence-electron chi connectivity index (χ3n) is 6.93. The summed E-state index contributed by atoms with van der Waals surface area (Å²) < 4.78 is 5.77. The third-order valence-corrected chi connectivity index (χ3v) is 8.04. The minimum absolute atomic E-state index is 0.0468. The topological polar surface area (TPSA) is 59.5 Å². The lowest BCUT2D eigenvalue weighted by Gasteiger charge is -2.55. The molecule has 0 radical (unpaired) electrons. The van der Waals surface area contributed by atoms with Crippen molar-refractivity contribution in [3.8, 4) is 0 Å². The van der Waals surface area contributed by atoms with E-state index in [2.05, 4.69) is 4.98 Å². The Hall–Kier alpha value is -1.92. The highest BCUT2D eigenvalue weighted by molar-refractivity contribution is 7.14. The number of hydrogen-bond donors (Lipinski definition) is 0. The van der Waals surface area contributed by atoms with Crippen LogP contribution in [0.1, 0.15) is 51.1 Å². The van der Waals surface area contributed by atoms with Gasteiger partial charge in [0.25, 0.3) is 0 Å². The molecule has 0 spiro atoms. The summed E-state index contributed by atoms with van der Waals surface area (Å²) in [6, 6.07) is 7.12. The Morgan fingerprint density at radius 1 is 1.20 bits per heavy atom. The molecule has 5 nitrogen and oxygen atoms in total. The maximum Gasteiger partial charge on any atom is 0.312 e. The van der Waals surface area contributed by atoms with Crippen molar-refractivity contribution in [2.75, 3.05) is 4.90 Å². The van der Waals surface area contributed by atoms with Crippen LogP contribution in [0.2, 0.25) is 5.02 Å². The largest absolute Gasteiger partial charge is 0.459 e. The molecule has 0 saturated heterocycles. The number of anilines is 2. The van der Waals surface area contributed by atoms with Crippen LogP contribution in [0.15, 0.2) is 29.6 Å². The van der Waals surface area contributed by atoms with Crippen LogP contribution in [0, 0.1) is 23.2 Å². The van der Waals surface area contributed by atoms with E-state index < -0.39 is 0 Å². The summed E-state index contributed by atoms with van der Waals surface area (Å²) in [5.41, 5.74) is 1.07. The zero-order valence-electron chi connectivity index (χ0n) is 17.0. The van der Waals surface area contributed by atoms with E-state index in [1.165, 1.54) is 42.4 Å². The van der Waals surface area contributed by atoms with Gasteiger partial charge in [0.1, 0.15) is 6.61 Å². The van der Waals surface area contributed by atoms with Crippen molar-refractivity contribution in [2.45, 2.75) is 52.1 Å². The standard InChI is InChI=1S/C23H25ClN2O3S/c1-14(27)26(20-4-2-3-18(24)8-20)22-25-19(13-30-22)12-29-21(28)23-9-15-5-16(10-23)7-17(6-15)11-23/h2-4,8,13,15-17H,5-7,9-12H2,1H3. The molecule has 4 fully saturated rings. The molecule has 0 aliphatic heterocycles. The summed E-state index contributed by atoms with van der Waals surface area (Å²) in [7, 11) is 0. The fraction of sp³-hybridized carbons (Fsp3) is 0.522. The maximum absolute atomic E-state index is 13.1. The molecule has 1 heterocycles. The van der Waals surface area contributed by atoms with E-state index in [0.29, 0.717) is 39.3 Å². The van der Waals surface area contributed by atoms with Gasteiger partial charge in [0.05, 0.1) is 16.8 Å². The Morgan fingerprint density at radius 3 is 2.47 bits per heavy atom. The molecule has 6 rings (SSSR count). The van der Waals surface area contributed by atoms with Crippen LogP contribution >= 0.6 is 22.9 Å². The number of aromatic nitrogens is 1. The lowest BCUT2D eigenvalue weighted by Crippen LogP contribution is -2.50. The zero-order valence-corrected chi connectivity index (χ0v) is 18.5. The number of benzene rings is 1. The average Bonchev–Trinajstić information content (AvgIpc) is 3.13. The van der Waals surface area contributed by atoms with Crippen LogP contribution in [0.4, 0.5) is 10.8 Å². The van der Waals surface area contributed by atoms with Gasteiger partial charge >= 0.3 is 5.97 Å². The highest BCUT2D eigenvalue weighted by Gasteiger charge is 2.55. The van der Waals surface area contributed by atoms with Crippen molar-refractivity contribution in [3.05, 3.63) is 40.4 Å². The number of esters is 1. The van der Waals surface area contributed by atoms with Crippen molar-refractivity contribution < 1.29 is 14.3 Å². The number of halogens is 1. The average molecular weight is 445 g/mol. The number of amides is 1. The van der Waals surface area contributed by atoms with E-state index in [1.807, 2.05) is 11.4 Å². The Bertz CT molecular complexity index is 953. The molecule has 2 aromatic rings. The summed E-state index contributed by atoms with van der Waals surface area (Å²) in [6.07, 6.45) is 6.87. The van der Waals surface area contributed by atoms with Crippen molar-refractivity contribution in [1.29, 1.82) is 0 Å². The van der Waals surface area contributed by atoms with E-state index in [9.17, 15) is 9.59 Å².